The van der Waals surface area contributed by atoms with Gasteiger partial charge in [-0.3, -0.25) is 4.90 Å². The molecule has 6 rings (SSSR count). The van der Waals surface area contributed by atoms with E-state index >= 15 is 0 Å². The summed E-state index contributed by atoms with van der Waals surface area (Å²) in [6, 6.07) is 7.66. The van der Waals surface area contributed by atoms with Crippen molar-refractivity contribution in [1.29, 1.82) is 0 Å². The van der Waals surface area contributed by atoms with Crippen LogP contribution in [0, 0.1) is 0 Å². The molecule has 0 spiro atoms. The number of rotatable bonds is 4. The van der Waals surface area contributed by atoms with E-state index in [1.807, 2.05) is 12.4 Å². The fourth-order valence-corrected chi connectivity index (χ4v) is 5.19. The Kier molecular flexibility index (Phi) is 4.54. The summed E-state index contributed by atoms with van der Waals surface area (Å²) in [5, 5.41) is 5.58. The lowest BCUT2D eigenvalue weighted by atomic mass is 9.87. The normalized spacial score (nSPS) is 18.9. The van der Waals surface area contributed by atoms with Crippen molar-refractivity contribution in [3.8, 4) is 11.3 Å². The van der Waals surface area contributed by atoms with Gasteiger partial charge >= 0.3 is 0 Å². The molecule has 0 unspecified atom stereocenters. The summed E-state index contributed by atoms with van der Waals surface area (Å²) in [5.74, 6) is 1.65. The SMILES string of the molecule is CC(C)c1c(-c2cnc3ncnn3c2)[nH]c2ccc(C3CCN(C4COC4)CC3)cc12. The Hall–Kier alpha value is -2.77. The number of nitrogens with zero attached hydrogens (tertiary/aromatic N) is 5. The maximum Gasteiger partial charge on any atom is 0.252 e. The molecule has 2 aliphatic rings. The quantitative estimate of drug-likeness (QED) is 0.545. The van der Waals surface area contributed by atoms with Crippen molar-refractivity contribution in [3.05, 3.63) is 48.0 Å². The Morgan fingerprint density at radius 2 is 1.97 bits per heavy atom. The fourth-order valence-electron chi connectivity index (χ4n) is 5.19. The topological polar surface area (TPSA) is 71.3 Å². The van der Waals surface area contributed by atoms with Crippen molar-refractivity contribution in [2.24, 2.45) is 0 Å². The van der Waals surface area contributed by atoms with E-state index in [-0.39, 0.29) is 0 Å². The third-order valence-corrected chi connectivity index (χ3v) is 7.00. The number of benzene rings is 1. The molecule has 0 atom stereocenters. The average Bonchev–Trinajstić information content (AvgIpc) is 3.36. The van der Waals surface area contributed by atoms with Crippen LogP contribution in [0.15, 0.2) is 36.9 Å². The van der Waals surface area contributed by atoms with Gasteiger partial charge in [-0.25, -0.2) is 9.50 Å². The Labute approximate surface area is 181 Å². The summed E-state index contributed by atoms with van der Waals surface area (Å²) >= 11 is 0. The molecule has 0 amide bonds. The van der Waals surface area contributed by atoms with Crippen molar-refractivity contribution in [3.63, 3.8) is 0 Å². The Bertz CT molecular complexity index is 1230. The van der Waals surface area contributed by atoms with Crippen molar-refractivity contribution in [2.45, 2.75) is 44.6 Å². The number of H-pyrrole nitrogens is 1. The van der Waals surface area contributed by atoms with E-state index in [0.29, 0.717) is 23.7 Å². The van der Waals surface area contributed by atoms with Gasteiger partial charge in [0.1, 0.15) is 6.33 Å². The van der Waals surface area contributed by atoms with Gasteiger partial charge in [0.15, 0.2) is 0 Å². The molecule has 0 radical (unpaired) electrons. The summed E-state index contributed by atoms with van der Waals surface area (Å²) < 4.78 is 7.12. The predicted molar refractivity (Wildman–Crippen MR) is 120 cm³/mol. The van der Waals surface area contributed by atoms with Crippen molar-refractivity contribution in [2.75, 3.05) is 26.3 Å². The van der Waals surface area contributed by atoms with Crippen LogP contribution in [0.4, 0.5) is 0 Å². The maximum absolute atomic E-state index is 5.38. The minimum Gasteiger partial charge on any atom is -0.378 e. The smallest absolute Gasteiger partial charge is 0.252 e. The van der Waals surface area contributed by atoms with Crippen LogP contribution in [0.2, 0.25) is 0 Å². The Morgan fingerprint density at radius 1 is 1.13 bits per heavy atom. The molecule has 1 N–H and O–H groups in total. The summed E-state index contributed by atoms with van der Waals surface area (Å²) in [5.41, 5.74) is 6.17. The Morgan fingerprint density at radius 3 is 2.71 bits per heavy atom. The first-order valence-electron chi connectivity index (χ1n) is 11.3. The van der Waals surface area contributed by atoms with Crippen LogP contribution in [0.1, 0.15) is 49.7 Å². The average molecular weight is 417 g/mol. The highest BCUT2D eigenvalue weighted by molar-refractivity contribution is 5.91. The maximum atomic E-state index is 5.38. The van der Waals surface area contributed by atoms with Crippen LogP contribution in [-0.4, -0.2) is 61.8 Å². The van der Waals surface area contributed by atoms with Gasteiger partial charge in [0.25, 0.3) is 5.78 Å². The summed E-state index contributed by atoms with van der Waals surface area (Å²) in [7, 11) is 0. The largest absolute Gasteiger partial charge is 0.378 e. The molecule has 2 aliphatic heterocycles. The van der Waals surface area contributed by atoms with Crippen LogP contribution < -0.4 is 0 Å². The molecule has 160 valence electrons. The third-order valence-electron chi connectivity index (χ3n) is 7.00. The van der Waals surface area contributed by atoms with Crippen LogP contribution in [-0.2, 0) is 4.74 Å². The lowest BCUT2D eigenvalue weighted by molar-refractivity contribution is -0.0712. The van der Waals surface area contributed by atoms with Gasteiger partial charge in [-0.15, -0.1) is 0 Å². The highest BCUT2D eigenvalue weighted by Crippen LogP contribution is 2.38. The number of piperidine rings is 1. The molecular formula is C24H28N6O. The lowest BCUT2D eigenvalue weighted by Crippen LogP contribution is -2.51. The summed E-state index contributed by atoms with van der Waals surface area (Å²) in [4.78, 5) is 14.9. The zero-order valence-electron chi connectivity index (χ0n) is 18.1. The van der Waals surface area contributed by atoms with Crippen molar-refractivity contribution < 1.29 is 4.74 Å². The number of aromatic nitrogens is 5. The highest BCUT2D eigenvalue weighted by atomic mass is 16.5. The van der Waals surface area contributed by atoms with Gasteiger partial charge in [0.2, 0.25) is 0 Å². The number of likely N-dealkylation sites (tertiary alicyclic amines) is 1. The van der Waals surface area contributed by atoms with Gasteiger partial charge < -0.3 is 9.72 Å². The molecule has 5 heterocycles. The molecule has 2 fully saturated rings. The number of nitrogens with one attached hydrogen (secondary N) is 1. The number of hydrogen-bond acceptors (Lipinski definition) is 5. The van der Waals surface area contributed by atoms with Crippen LogP contribution in [0.5, 0.6) is 0 Å². The second-order valence-electron chi connectivity index (χ2n) is 9.22. The molecule has 7 heteroatoms. The molecular weight excluding hydrogens is 388 g/mol. The van der Waals surface area contributed by atoms with Crippen LogP contribution in [0.3, 0.4) is 0 Å². The van der Waals surface area contributed by atoms with Crippen molar-refractivity contribution in [1.82, 2.24) is 29.5 Å². The van der Waals surface area contributed by atoms with E-state index in [9.17, 15) is 0 Å². The van der Waals surface area contributed by atoms with Gasteiger partial charge in [0, 0.05) is 28.9 Å². The van der Waals surface area contributed by atoms with E-state index < -0.39 is 0 Å². The molecule has 0 bridgehead atoms. The van der Waals surface area contributed by atoms with Gasteiger partial charge in [-0.2, -0.15) is 10.1 Å². The van der Waals surface area contributed by atoms with Gasteiger partial charge in [-0.1, -0.05) is 19.9 Å². The van der Waals surface area contributed by atoms with E-state index in [2.05, 4.69) is 57.0 Å². The molecule has 3 aromatic heterocycles. The minimum absolute atomic E-state index is 0.394. The first-order valence-corrected chi connectivity index (χ1v) is 11.3. The monoisotopic (exact) mass is 416 g/mol. The molecule has 4 aromatic rings. The van der Waals surface area contributed by atoms with Crippen LogP contribution in [0.25, 0.3) is 27.9 Å². The third kappa shape index (κ3) is 3.23. The molecule has 31 heavy (non-hydrogen) atoms. The lowest BCUT2D eigenvalue weighted by Gasteiger charge is -2.41. The minimum atomic E-state index is 0.394. The van der Waals surface area contributed by atoms with E-state index in [0.717, 1.165) is 24.5 Å². The number of ether oxygens (including phenoxy) is 1. The highest BCUT2D eigenvalue weighted by Gasteiger charge is 2.30. The van der Waals surface area contributed by atoms with Crippen molar-refractivity contribution >= 4 is 16.7 Å². The zero-order valence-corrected chi connectivity index (χ0v) is 18.1. The van der Waals surface area contributed by atoms with E-state index in [4.69, 9.17) is 4.74 Å². The number of hydrogen-bond donors (Lipinski definition) is 1. The van der Waals surface area contributed by atoms with Gasteiger partial charge in [-0.05, 0) is 61.0 Å². The first-order chi connectivity index (χ1) is 15.2. The second kappa shape index (κ2) is 7.43. The zero-order chi connectivity index (χ0) is 20.9. The number of fused-ring (bicyclic) bond motifs is 2. The van der Waals surface area contributed by atoms with Gasteiger partial charge in [0.05, 0.1) is 24.9 Å². The molecule has 0 aliphatic carbocycles. The fraction of sp³-hybridized carbons (Fsp3) is 0.458. The standard InChI is InChI=1S/C24H28N6O/c1-15(2)22-20-9-17(16-5-7-29(8-6-16)19-12-31-13-19)3-4-21(20)28-23(22)18-10-25-24-26-14-27-30(24)11-18/h3-4,9-11,14-16,19,28H,5-8,12-13H2,1-2H3. The summed E-state index contributed by atoms with van der Waals surface area (Å²) in [6.07, 6.45) is 7.89. The van der Waals surface area contributed by atoms with E-state index in [1.165, 1.54) is 54.3 Å². The molecule has 7 nitrogen and oxygen atoms in total. The molecule has 1 aromatic carbocycles. The number of aromatic amines is 1. The molecule has 0 saturated carbocycles. The van der Waals surface area contributed by atoms with E-state index in [1.54, 1.807) is 4.52 Å². The van der Waals surface area contributed by atoms with Crippen LogP contribution >= 0.6 is 0 Å². The molecule has 2 saturated heterocycles. The summed E-state index contributed by atoms with van der Waals surface area (Å²) in [6.45, 7) is 8.70. The predicted octanol–water partition coefficient (Wildman–Crippen LogP) is 3.97. The first kappa shape index (κ1) is 19.0. The second-order valence-corrected chi connectivity index (χ2v) is 9.22. The Balaban J connectivity index is 1.35.